The molecule has 4 heteroatoms. The Kier molecular flexibility index (Phi) is 2.63. The lowest BCUT2D eigenvalue weighted by Crippen LogP contribution is -2.53. The maximum Gasteiger partial charge on any atom is 0.171 e. The zero-order valence-corrected chi connectivity index (χ0v) is 11.5. The van der Waals surface area contributed by atoms with Crippen LogP contribution in [0.25, 0.3) is 0 Å². The standard InChI is InChI=1S/C12H20N2OS/c1-6-9-8(2)16-10-13-12(5,15)7-11(3,4)14(9)10/h15H,6-7H2,1-5H3. The second kappa shape index (κ2) is 3.50. The van der Waals surface area contributed by atoms with Crippen LogP contribution in [0.2, 0.25) is 0 Å². The Morgan fingerprint density at radius 1 is 1.44 bits per heavy atom. The molecule has 90 valence electrons. The van der Waals surface area contributed by atoms with E-state index in [4.69, 9.17) is 0 Å². The van der Waals surface area contributed by atoms with Gasteiger partial charge in [-0.25, -0.2) is 4.99 Å². The van der Waals surface area contributed by atoms with Gasteiger partial charge in [-0.3, -0.25) is 0 Å². The number of allylic oxidation sites excluding steroid dienone is 2. The molecule has 16 heavy (non-hydrogen) atoms. The van der Waals surface area contributed by atoms with Gasteiger partial charge in [0.15, 0.2) is 10.9 Å². The third kappa shape index (κ3) is 1.78. The third-order valence-electron chi connectivity index (χ3n) is 3.16. The molecule has 0 amide bonds. The molecule has 1 N–H and O–H groups in total. The predicted molar refractivity (Wildman–Crippen MR) is 69.2 cm³/mol. The number of amidine groups is 1. The van der Waals surface area contributed by atoms with Crippen molar-refractivity contribution in [3.8, 4) is 0 Å². The van der Waals surface area contributed by atoms with Crippen molar-refractivity contribution in [3.05, 3.63) is 10.6 Å². The first-order valence-corrected chi connectivity index (χ1v) is 6.58. The van der Waals surface area contributed by atoms with Crippen molar-refractivity contribution in [2.45, 2.75) is 58.7 Å². The number of hydrogen-bond donors (Lipinski definition) is 1. The Morgan fingerprint density at radius 3 is 2.62 bits per heavy atom. The average molecular weight is 240 g/mol. The first kappa shape index (κ1) is 12.0. The fraction of sp³-hybridized carbons (Fsp3) is 0.750. The third-order valence-corrected chi connectivity index (χ3v) is 4.15. The number of hydrogen-bond acceptors (Lipinski definition) is 4. The summed E-state index contributed by atoms with van der Waals surface area (Å²) in [6.45, 7) is 10.4. The van der Waals surface area contributed by atoms with Gasteiger partial charge in [0.05, 0.1) is 0 Å². The summed E-state index contributed by atoms with van der Waals surface area (Å²) >= 11 is 1.68. The van der Waals surface area contributed by atoms with Gasteiger partial charge in [0.1, 0.15) is 0 Å². The Bertz CT molecular complexity index is 382. The lowest BCUT2D eigenvalue weighted by molar-refractivity contribution is 0.00629. The summed E-state index contributed by atoms with van der Waals surface area (Å²) in [4.78, 5) is 8.05. The summed E-state index contributed by atoms with van der Waals surface area (Å²) in [6, 6.07) is 0. The molecule has 0 bridgehead atoms. The number of aliphatic imine (C=N–C) groups is 1. The minimum Gasteiger partial charge on any atom is -0.369 e. The molecular weight excluding hydrogens is 220 g/mol. The number of rotatable bonds is 1. The van der Waals surface area contributed by atoms with Crippen LogP contribution in [0.15, 0.2) is 15.6 Å². The van der Waals surface area contributed by atoms with E-state index in [1.165, 1.54) is 10.6 Å². The topological polar surface area (TPSA) is 35.8 Å². The molecule has 0 saturated carbocycles. The summed E-state index contributed by atoms with van der Waals surface area (Å²) < 4.78 is 0. The molecule has 2 aliphatic heterocycles. The Labute approximate surface area is 102 Å². The van der Waals surface area contributed by atoms with Crippen molar-refractivity contribution in [1.29, 1.82) is 0 Å². The van der Waals surface area contributed by atoms with Crippen molar-refractivity contribution >= 4 is 16.9 Å². The van der Waals surface area contributed by atoms with Crippen molar-refractivity contribution in [2.24, 2.45) is 4.99 Å². The van der Waals surface area contributed by atoms with E-state index in [-0.39, 0.29) is 5.54 Å². The van der Waals surface area contributed by atoms with Crippen molar-refractivity contribution in [2.75, 3.05) is 0 Å². The van der Waals surface area contributed by atoms with Crippen LogP contribution < -0.4 is 0 Å². The van der Waals surface area contributed by atoms with Crippen LogP contribution in [0, 0.1) is 0 Å². The Balaban J connectivity index is 2.47. The number of nitrogens with zero attached hydrogens (tertiary/aromatic N) is 2. The molecule has 2 aliphatic rings. The molecule has 2 heterocycles. The van der Waals surface area contributed by atoms with E-state index in [1.807, 2.05) is 0 Å². The van der Waals surface area contributed by atoms with Crippen LogP contribution in [0.3, 0.4) is 0 Å². The molecular formula is C12H20N2OS. The molecule has 2 rings (SSSR count). The fourth-order valence-electron chi connectivity index (χ4n) is 2.76. The minimum atomic E-state index is -0.925. The van der Waals surface area contributed by atoms with E-state index in [9.17, 15) is 5.11 Å². The van der Waals surface area contributed by atoms with Gasteiger partial charge in [0, 0.05) is 22.6 Å². The zero-order chi connectivity index (χ0) is 12.1. The van der Waals surface area contributed by atoms with Crippen molar-refractivity contribution in [1.82, 2.24) is 4.90 Å². The Morgan fingerprint density at radius 2 is 2.06 bits per heavy atom. The normalized spacial score (nSPS) is 32.9. The van der Waals surface area contributed by atoms with Gasteiger partial charge in [0.2, 0.25) is 0 Å². The smallest absolute Gasteiger partial charge is 0.171 e. The number of thioether (sulfide) groups is 1. The minimum absolute atomic E-state index is 0.0588. The van der Waals surface area contributed by atoms with E-state index >= 15 is 0 Å². The summed E-state index contributed by atoms with van der Waals surface area (Å²) in [5, 5.41) is 11.1. The highest BCUT2D eigenvalue weighted by Crippen LogP contribution is 2.46. The number of aliphatic hydroxyl groups is 1. The van der Waals surface area contributed by atoms with Crippen LogP contribution in [0.1, 0.15) is 47.5 Å². The SMILES string of the molecule is CCC1=C(C)SC2=NC(C)(O)CC(C)(C)N21. The monoisotopic (exact) mass is 240 g/mol. The summed E-state index contributed by atoms with van der Waals surface area (Å²) in [6.07, 6.45) is 1.68. The van der Waals surface area contributed by atoms with Crippen molar-refractivity contribution < 1.29 is 5.11 Å². The highest BCUT2D eigenvalue weighted by atomic mass is 32.2. The molecule has 0 saturated heterocycles. The zero-order valence-electron chi connectivity index (χ0n) is 10.7. The van der Waals surface area contributed by atoms with Crippen LogP contribution in [0.4, 0.5) is 0 Å². The molecule has 0 aromatic carbocycles. The van der Waals surface area contributed by atoms with E-state index in [0.717, 1.165) is 11.6 Å². The first-order valence-electron chi connectivity index (χ1n) is 5.77. The van der Waals surface area contributed by atoms with Gasteiger partial charge in [0.25, 0.3) is 0 Å². The van der Waals surface area contributed by atoms with E-state index in [0.29, 0.717) is 6.42 Å². The lowest BCUT2D eigenvalue weighted by atomic mass is 9.90. The van der Waals surface area contributed by atoms with Gasteiger partial charge in [-0.2, -0.15) is 0 Å². The van der Waals surface area contributed by atoms with Crippen LogP contribution >= 0.6 is 11.8 Å². The predicted octanol–water partition coefficient (Wildman–Crippen LogP) is 2.92. The van der Waals surface area contributed by atoms with E-state index < -0.39 is 5.72 Å². The molecule has 1 unspecified atom stereocenters. The maximum absolute atomic E-state index is 10.2. The highest BCUT2D eigenvalue weighted by Gasteiger charge is 2.45. The fourth-order valence-corrected chi connectivity index (χ4v) is 4.08. The highest BCUT2D eigenvalue weighted by molar-refractivity contribution is 8.17. The maximum atomic E-state index is 10.2. The molecule has 0 radical (unpaired) electrons. The van der Waals surface area contributed by atoms with Crippen molar-refractivity contribution in [3.63, 3.8) is 0 Å². The summed E-state index contributed by atoms with van der Waals surface area (Å²) in [5.74, 6) is 0. The molecule has 0 aromatic rings. The average Bonchev–Trinajstić information content (AvgIpc) is 2.37. The Hall–Kier alpha value is -0.480. The second-order valence-electron chi connectivity index (χ2n) is 5.39. The summed E-state index contributed by atoms with van der Waals surface area (Å²) in [7, 11) is 0. The first-order chi connectivity index (χ1) is 7.27. The van der Waals surface area contributed by atoms with Crippen LogP contribution in [-0.4, -0.2) is 26.4 Å². The van der Waals surface area contributed by atoms with Gasteiger partial charge in [-0.1, -0.05) is 18.7 Å². The molecule has 0 spiro atoms. The summed E-state index contributed by atoms with van der Waals surface area (Å²) in [5.41, 5.74) is 0.368. The molecule has 0 aliphatic carbocycles. The largest absolute Gasteiger partial charge is 0.369 e. The second-order valence-corrected chi connectivity index (χ2v) is 6.58. The molecule has 1 atom stereocenters. The number of fused-ring (bicyclic) bond motifs is 1. The van der Waals surface area contributed by atoms with Gasteiger partial charge < -0.3 is 10.0 Å². The molecule has 0 aromatic heterocycles. The quantitative estimate of drug-likeness (QED) is 0.765. The van der Waals surface area contributed by atoms with Gasteiger partial charge >= 0.3 is 0 Å². The van der Waals surface area contributed by atoms with Gasteiger partial charge in [-0.05, 0) is 34.1 Å². The van der Waals surface area contributed by atoms with Gasteiger partial charge in [-0.15, -0.1) is 0 Å². The van der Waals surface area contributed by atoms with Crippen LogP contribution in [-0.2, 0) is 0 Å². The molecule has 0 fully saturated rings. The lowest BCUT2D eigenvalue weighted by Gasteiger charge is -2.45. The van der Waals surface area contributed by atoms with E-state index in [2.05, 4.69) is 37.6 Å². The van der Waals surface area contributed by atoms with Crippen LogP contribution in [0.5, 0.6) is 0 Å². The van der Waals surface area contributed by atoms with E-state index in [1.54, 1.807) is 18.7 Å². The molecule has 3 nitrogen and oxygen atoms in total.